The second-order valence-corrected chi connectivity index (χ2v) is 9.33. The van der Waals surface area contributed by atoms with Crippen molar-refractivity contribution in [1.82, 2.24) is 5.32 Å². The fourth-order valence-corrected chi connectivity index (χ4v) is 4.43. The molecule has 3 rings (SSSR count). The molecule has 2 aromatic carbocycles. The maximum atomic E-state index is 13.3. The molecule has 0 bridgehead atoms. The van der Waals surface area contributed by atoms with E-state index >= 15 is 0 Å². The third-order valence-electron chi connectivity index (χ3n) is 4.98. The molecule has 0 saturated heterocycles. The summed E-state index contributed by atoms with van der Waals surface area (Å²) in [6.45, 7) is 7.76. The zero-order chi connectivity index (χ0) is 20.5. The number of sulfonamides is 1. The molecule has 0 aliphatic carbocycles. The number of anilines is 1. The fourth-order valence-electron chi connectivity index (χ4n) is 2.93. The van der Waals surface area contributed by atoms with Gasteiger partial charge in [-0.25, -0.2) is 8.42 Å². The first-order valence-corrected chi connectivity index (χ1v) is 10.8. The van der Waals surface area contributed by atoms with E-state index < -0.39 is 16.1 Å². The first kappa shape index (κ1) is 20.2. The zero-order valence-electron chi connectivity index (χ0n) is 16.5. The maximum absolute atomic E-state index is 13.3. The van der Waals surface area contributed by atoms with Crippen LogP contribution in [0.25, 0.3) is 0 Å². The summed E-state index contributed by atoms with van der Waals surface area (Å²) in [6, 6.07) is 13.5. The lowest BCUT2D eigenvalue weighted by Crippen LogP contribution is -2.52. The van der Waals surface area contributed by atoms with Crippen molar-refractivity contribution in [3.63, 3.8) is 0 Å². The summed E-state index contributed by atoms with van der Waals surface area (Å²) in [7, 11) is -3.83. The maximum Gasteiger partial charge on any atom is 0.264 e. The topological polar surface area (TPSA) is 75.7 Å². The predicted octanol–water partition coefficient (Wildman–Crippen LogP) is 3.11. The average molecular weight is 403 g/mol. The van der Waals surface area contributed by atoms with E-state index in [9.17, 15) is 13.2 Å². The van der Waals surface area contributed by atoms with Crippen LogP contribution in [0.5, 0.6) is 5.75 Å². The molecule has 1 N–H and O–H groups in total. The Balaban J connectivity index is 1.99. The number of hydrogen-bond donors (Lipinski definition) is 1. The first-order valence-electron chi connectivity index (χ1n) is 9.35. The summed E-state index contributed by atoms with van der Waals surface area (Å²) in [5.74, 6) is 0.330. The Bertz CT molecular complexity index is 958. The molecule has 2 atom stereocenters. The lowest BCUT2D eigenvalue weighted by atomic mass is 10.1. The Morgan fingerprint density at radius 3 is 2.46 bits per heavy atom. The van der Waals surface area contributed by atoms with Crippen LogP contribution in [0, 0.1) is 12.8 Å². The number of hydrogen-bond acceptors (Lipinski definition) is 4. The highest BCUT2D eigenvalue weighted by Crippen LogP contribution is 2.37. The van der Waals surface area contributed by atoms with Gasteiger partial charge in [-0.3, -0.25) is 9.10 Å². The van der Waals surface area contributed by atoms with Crippen molar-refractivity contribution in [2.24, 2.45) is 5.92 Å². The van der Waals surface area contributed by atoms with Crippen LogP contribution in [0.1, 0.15) is 26.3 Å². The molecule has 1 amide bonds. The number of nitrogens with zero attached hydrogens (tertiary/aromatic N) is 1. The summed E-state index contributed by atoms with van der Waals surface area (Å²) in [5, 5.41) is 2.92. The average Bonchev–Trinajstić information content (AvgIpc) is 2.67. The summed E-state index contributed by atoms with van der Waals surface area (Å²) in [5.41, 5.74) is 1.36. The Morgan fingerprint density at radius 1 is 1.14 bits per heavy atom. The van der Waals surface area contributed by atoms with E-state index in [0.717, 1.165) is 5.56 Å². The van der Waals surface area contributed by atoms with Crippen molar-refractivity contribution in [1.29, 1.82) is 0 Å². The molecule has 7 heteroatoms. The molecule has 0 spiro atoms. The minimum absolute atomic E-state index is 0.0470. The minimum atomic E-state index is -3.83. The van der Waals surface area contributed by atoms with Crippen molar-refractivity contribution >= 4 is 21.6 Å². The van der Waals surface area contributed by atoms with E-state index in [1.165, 1.54) is 4.31 Å². The molecule has 0 radical (unpaired) electrons. The van der Waals surface area contributed by atoms with Crippen LogP contribution < -0.4 is 14.4 Å². The molecule has 1 heterocycles. The van der Waals surface area contributed by atoms with Crippen LogP contribution in [-0.4, -0.2) is 33.0 Å². The van der Waals surface area contributed by atoms with Crippen molar-refractivity contribution in [2.45, 2.75) is 44.7 Å². The number of benzene rings is 2. The van der Waals surface area contributed by atoms with Crippen LogP contribution in [0.15, 0.2) is 53.4 Å². The molecule has 28 heavy (non-hydrogen) atoms. The predicted molar refractivity (Wildman–Crippen MR) is 109 cm³/mol. The van der Waals surface area contributed by atoms with Crippen LogP contribution in [0.2, 0.25) is 0 Å². The van der Waals surface area contributed by atoms with Gasteiger partial charge in [-0.2, -0.15) is 0 Å². The zero-order valence-corrected chi connectivity index (χ0v) is 17.4. The number of aryl methyl sites for hydroxylation is 1. The molecule has 0 fully saturated rings. The van der Waals surface area contributed by atoms with Crippen LogP contribution >= 0.6 is 0 Å². The van der Waals surface area contributed by atoms with Crippen molar-refractivity contribution < 1.29 is 17.9 Å². The Morgan fingerprint density at radius 2 is 1.82 bits per heavy atom. The standard InChI is InChI=1S/C21H26N2O4S/c1-14(2)16(4)22-21(24)20-13-23(18-11-10-15(3)12-19(18)27-20)28(25,26)17-8-6-5-7-9-17/h5-12,14,16,20H,13H2,1-4H3,(H,22,24)/t16-,20-/m1/s1. The second kappa shape index (κ2) is 7.83. The Labute approximate surface area is 166 Å². The third-order valence-corrected chi connectivity index (χ3v) is 6.77. The summed E-state index contributed by atoms with van der Waals surface area (Å²) < 4.78 is 33.7. The first-order chi connectivity index (χ1) is 13.2. The van der Waals surface area contributed by atoms with Gasteiger partial charge in [0, 0.05) is 6.04 Å². The minimum Gasteiger partial charge on any atom is -0.476 e. The third kappa shape index (κ3) is 3.99. The van der Waals surface area contributed by atoms with Gasteiger partial charge in [0.2, 0.25) is 0 Å². The van der Waals surface area contributed by atoms with Gasteiger partial charge in [-0.05, 0) is 49.6 Å². The number of nitrogens with one attached hydrogen (secondary N) is 1. The van der Waals surface area contributed by atoms with Gasteiger partial charge in [0.05, 0.1) is 17.1 Å². The van der Waals surface area contributed by atoms with E-state index in [0.29, 0.717) is 11.4 Å². The lowest BCUT2D eigenvalue weighted by Gasteiger charge is -2.35. The molecule has 150 valence electrons. The van der Waals surface area contributed by atoms with Crippen LogP contribution in [0.3, 0.4) is 0 Å². The van der Waals surface area contributed by atoms with E-state index in [2.05, 4.69) is 5.32 Å². The number of carbonyl (C=O) groups excluding carboxylic acids is 1. The van der Waals surface area contributed by atoms with Gasteiger partial charge in [0.1, 0.15) is 5.75 Å². The molecule has 1 aliphatic heterocycles. The van der Waals surface area contributed by atoms with Gasteiger partial charge >= 0.3 is 0 Å². The van der Waals surface area contributed by atoms with Gasteiger partial charge < -0.3 is 10.1 Å². The smallest absolute Gasteiger partial charge is 0.264 e. The Kier molecular flexibility index (Phi) is 5.65. The van der Waals surface area contributed by atoms with Crippen molar-refractivity contribution in [2.75, 3.05) is 10.8 Å². The highest BCUT2D eigenvalue weighted by Gasteiger charge is 2.37. The molecular formula is C21H26N2O4S. The molecule has 0 unspecified atom stereocenters. The second-order valence-electron chi connectivity index (χ2n) is 7.47. The fraction of sp³-hybridized carbons (Fsp3) is 0.381. The summed E-state index contributed by atoms with van der Waals surface area (Å²) in [6.07, 6.45) is -0.922. The summed E-state index contributed by atoms with van der Waals surface area (Å²) in [4.78, 5) is 12.9. The summed E-state index contributed by atoms with van der Waals surface area (Å²) >= 11 is 0. The lowest BCUT2D eigenvalue weighted by molar-refractivity contribution is -0.128. The SMILES string of the molecule is Cc1ccc2c(c1)O[C@@H](C(=O)N[C@H](C)C(C)C)CN2S(=O)(=O)c1ccccc1. The van der Waals surface area contributed by atoms with Gasteiger partial charge in [-0.15, -0.1) is 0 Å². The van der Waals surface area contributed by atoms with Gasteiger partial charge in [-0.1, -0.05) is 38.1 Å². The molecular weight excluding hydrogens is 376 g/mol. The number of rotatable bonds is 5. The van der Waals surface area contributed by atoms with E-state index in [1.807, 2.05) is 33.8 Å². The van der Waals surface area contributed by atoms with Gasteiger partial charge in [0.15, 0.2) is 6.10 Å². The van der Waals surface area contributed by atoms with Crippen molar-refractivity contribution in [3.05, 3.63) is 54.1 Å². The highest BCUT2D eigenvalue weighted by atomic mass is 32.2. The molecule has 0 saturated carbocycles. The molecule has 1 aliphatic rings. The molecule has 2 aromatic rings. The van der Waals surface area contributed by atoms with E-state index in [-0.39, 0.29) is 29.3 Å². The number of fused-ring (bicyclic) bond motifs is 1. The monoisotopic (exact) mass is 402 g/mol. The number of amides is 1. The van der Waals surface area contributed by atoms with E-state index in [1.54, 1.807) is 42.5 Å². The molecule has 6 nitrogen and oxygen atoms in total. The molecule has 0 aromatic heterocycles. The highest BCUT2D eigenvalue weighted by molar-refractivity contribution is 7.92. The quantitative estimate of drug-likeness (QED) is 0.834. The normalized spacial score (nSPS) is 17.6. The van der Waals surface area contributed by atoms with Crippen LogP contribution in [0.4, 0.5) is 5.69 Å². The van der Waals surface area contributed by atoms with E-state index in [4.69, 9.17) is 4.74 Å². The number of carbonyl (C=O) groups is 1. The van der Waals surface area contributed by atoms with Crippen LogP contribution in [-0.2, 0) is 14.8 Å². The largest absolute Gasteiger partial charge is 0.476 e. The Hall–Kier alpha value is -2.54. The van der Waals surface area contributed by atoms with Crippen molar-refractivity contribution in [3.8, 4) is 5.75 Å². The number of ether oxygens (including phenoxy) is 1. The van der Waals surface area contributed by atoms with Gasteiger partial charge in [0.25, 0.3) is 15.9 Å².